The van der Waals surface area contributed by atoms with E-state index in [0.717, 1.165) is 24.9 Å². The maximum atomic E-state index is 12.4. The molecule has 2 aliphatic rings. The molecule has 2 heterocycles. The Labute approximate surface area is 114 Å². The van der Waals surface area contributed by atoms with Gasteiger partial charge in [-0.05, 0) is 56.4 Å². The minimum Gasteiger partial charge on any atom is -0.315 e. The van der Waals surface area contributed by atoms with Gasteiger partial charge in [0.25, 0.3) is 0 Å². The van der Waals surface area contributed by atoms with E-state index in [1.165, 1.54) is 11.1 Å². The Morgan fingerprint density at radius 3 is 2.84 bits per heavy atom. The lowest BCUT2D eigenvalue weighted by molar-refractivity contribution is 0.192. The lowest BCUT2D eigenvalue weighted by Gasteiger charge is -2.31. The van der Waals surface area contributed by atoms with Gasteiger partial charge >= 0.3 is 6.03 Å². The van der Waals surface area contributed by atoms with E-state index in [1.54, 1.807) is 0 Å². The van der Waals surface area contributed by atoms with E-state index in [0.29, 0.717) is 12.1 Å². The van der Waals surface area contributed by atoms with E-state index in [9.17, 15) is 4.79 Å². The smallest absolute Gasteiger partial charge is 0.315 e. The van der Waals surface area contributed by atoms with Gasteiger partial charge in [0.05, 0.1) is 6.04 Å². The van der Waals surface area contributed by atoms with Crippen molar-refractivity contribution in [1.82, 2.24) is 4.90 Å². The molecule has 3 rings (SSSR count). The number of rotatable bonds is 1. The van der Waals surface area contributed by atoms with Gasteiger partial charge in [-0.2, -0.15) is 0 Å². The number of anilines is 1. The van der Waals surface area contributed by atoms with Gasteiger partial charge in [0, 0.05) is 11.7 Å². The zero-order valence-electron chi connectivity index (χ0n) is 11.5. The first-order valence-corrected chi connectivity index (χ1v) is 6.98. The van der Waals surface area contributed by atoms with Gasteiger partial charge in [0.2, 0.25) is 0 Å². The van der Waals surface area contributed by atoms with E-state index in [-0.39, 0.29) is 6.03 Å². The number of nitrogens with zero attached hydrogens (tertiary/aromatic N) is 1. The van der Waals surface area contributed by atoms with Crippen molar-refractivity contribution >= 4 is 11.7 Å². The van der Waals surface area contributed by atoms with E-state index < -0.39 is 0 Å². The third kappa shape index (κ3) is 2.25. The molecule has 0 radical (unpaired) electrons. The van der Waals surface area contributed by atoms with Crippen LogP contribution in [0, 0.1) is 13.8 Å². The number of benzene rings is 1. The van der Waals surface area contributed by atoms with Crippen LogP contribution in [-0.4, -0.2) is 23.0 Å². The van der Waals surface area contributed by atoms with Gasteiger partial charge < -0.3 is 10.2 Å². The van der Waals surface area contributed by atoms with Crippen LogP contribution in [0.1, 0.15) is 30.4 Å². The fraction of sp³-hybridized carbons (Fsp3) is 0.438. The summed E-state index contributed by atoms with van der Waals surface area (Å²) in [6.45, 7) is 4.15. The van der Waals surface area contributed by atoms with E-state index in [2.05, 4.69) is 37.4 Å². The molecule has 3 heteroatoms. The Balaban J connectivity index is 1.75. The molecule has 19 heavy (non-hydrogen) atoms. The van der Waals surface area contributed by atoms with Crippen LogP contribution >= 0.6 is 0 Å². The number of fused-ring (bicyclic) bond motifs is 2. The molecule has 2 amide bonds. The molecule has 2 unspecified atom stereocenters. The van der Waals surface area contributed by atoms with Crippen LogP contribution < -0.4 is 5.32 Å². The topological polar surface area (TPSA) is 32.3 Å². The summed E-state index contributed by atoms with van der Waals surface area (Å²) in [5, 5.41) is 3.03. The van der Waals surface area contributed by atoms with Crippen molar-refractivity contribution in [2.75, 3.05) is 5.32 Å². The molecule has 100 valence electrons. The molecular formula is C16H20N2O. The number of amides is 2. The lowest BCUT2D eigenvalue weighted by Crippen LogP contribution is -2.44. The van der Waals surface area contributed by atoms with Gasteiger partial charge in [0.15, 0.2) is 0 Å². The van der Waals surface area contributed by atoms with Crippen molar-refractivity contribution in [1.29, 1.82) is 0 Å². The van der Waals surface area contributed by atoms with Crippen LogP contribution in [0.25, 0.3) is 0 Å². The maximum absolute atomic E-state index is 12.4. The molecular weight excluding hydrogens is 236 g/mol. The summed E-state index contributed by atoms with van der Waals surface area (Å²) >= 11 is 0. The van der Waals surface area contributed by atoms with Crippen LogP contribution in [0.2, 0.25) is 0 Å². The number of carbonyl (C=O) groups is 1. The molecule has 3 nitrogen and oxygen atoms in total. The van der Waals surface area contributed by atoms with E-state index in [4.69, 9.17) is 0 Å². The molecule has 1 aromatic carbocycles. The summed E-state index contributed by atoms with van der Waals surface area (Å²) in [5.41, 5.74) is 3.35. The van der Waals surface area contributed by atoms with Gasteiger partial charge in [-0.1, -0.05) is 18.2 Å². The second-order valence-electron chi connectivity index (χ2n) is 5.60. The fourth-order valence-corrected chi connectivity index (χ4v) is 3.05. The zero-order valence-corrected chi connectivity index (χ0v) is 11.5. The quantitative estimate of drug-likeness (QED) is 0.765. The highest BCUT2D eigenvalue weighted by Crippen LogP contribution is 2.32. The SMILES string of the molecule is Cc1ccc(NC(=O)N2C3C=CCC2CC3)cc1C. The number of urea groups is 1. The predicted octanol–water partition coefficient (Wildman–Crippen LogP) is 3.63. The molecule has 1 N–H and O–H groups in total. The third-order valence-corrected chi connectivity index (χ3v) is 4.31. The monoisotopic (exact) mass is 256 g/mol. The molecule has 0 aliphatic carbocycles. The number of carbonyl (C=O) groups excluding carboxylic acids is 1. The predicted molar refractivity (Wildman–Crippen MR) is 77.3 cm³/mol. The Morgan fingerprint density at radius 2 is 2.11 bits per heavy atom. The number of hydrogen-bond donors (Lipinski definition) is 1. The Bertz CT molecular complexity index is 536. The van der Waals surface area contributed by atoms with Crippen molar-refractivity contribution in [2.24, 2.45) is 0 Å². The molecule has 2 aliphatic heterocycles. The normalized spacial score (nSPS) is 24.6. The summed E-state index contributed by atoms with van der Waals surface area (Å²) < 4.78 is 0. The standard InChI is InChI=1S/C16H20N2O/c1-11-6-7-13(10-12(11)2)17-16(19)18-14-4-3-5-15(18)9-8-14/h3-4,6-7,10,14-15H,5,8-9H2,1-2H3,(H,17,19). The van der Waals surface area contributed by atoms with Crippen molar-refractivity contribution in [2.45, 2.75) is 45.2 Å². The van der Waals surface area contributed by atoms with Crippen LogP contribution in [0.15, 0.2) is 30.4 Å². The number of hydrogen-bond acceptors (Lipinski definition) is 1. The molecule has 1 fully saturated rings. The largest absolute Gasteiger partial charge is 0.322 e. The Hall–Kier alpha value is -1.77. The van der Waals surface area contributed by atoms with E-state index >= 15 is 0 Å². The summed E-state index contributed by atoms with van der Waals surface area (Å²) in [6.07, 6.45) is 7.60. The number of aryl methyl sites for hydroxylation is 2. The molecule has 0 aromatic heterocycles. The van der Waals surface area contributed by atoms with Crippen molar-refractivity contribution in [3.05, 3.63) is 41.5 Å². The van der Waals surface area contributed by atoms with Crippen LogP contribution in [-0.2, 0) is 0 Å². The molecule has 0 spiro atoms. The van der Waals surface area contributed by atoms with Crippen molar-refractivity contribution in [3.63, 3.8) is 0 Å². The van der Waals surface area contributed by atoms with Gasteiger partial charge in [0.1, 0.15) is 0 Å². The Kier molecular flexibility index (Phi) is 3.05. The zero-order chi connectivity index (χ0) is 13.4. The molecule has 1 aromatic rings. The minimum atomic E-state index is 0.0418. The fourth-order valence-electron chi connectivity index (χ4n) is 3.05. The summed E-state index contributed by atoms with van der Waals surface area (Å²) in [7, 11) is 0. The minimum absolute atomic E-state index is 0.0418. The Morgan fingerprint density at radius 1 is 1.26 bits per heavy atom. The molecule has 0 saturated carbocycles. The van der Waals surface area contributed by atoms with Gasteiger partial charge in [-0.15, -0.1) is 0 Å². The maximum Gasteiger partial charge on any atom is 0.322 e. The first-order chi connectivity index (χ1) is 9.15. The van der Waals surface area contributed by atoms with Crippen molar-refractivity contribution < 1.29 is 4.79 Å². The summed E-state index contributed by atoms with van der Waals surface area (Å²) in [6, 6.07) is 6.79. The first kappa shape index (κ1) is 12.3. The van der Waals surface area contributed by atoms with Gasteiger partial charge in [-0.25, -0.2) is 4.79 Å². The molecule has 2 atom stereocenters. The van der Waals surface area contributed by atoms with Crippen LogP contribution in [0.3, 0.4) is 0 Å². The average molecular weight is 256 g/mol. The van der Waals surface area contributed by atoms with Gasteiger partial charge in [-0.3, -0.25) is 0 Å². The highest BCUT2D eigenvalue weighted by molar-refractivity contribution is 5.90. The molecule has 2 bridgehead atoms. The van der Waals surface area contributed by atoms with E-state index in [1.807, 2.05) is 17.0 Å². The first-order valence-electron chi connectivity index (χ1n) is 6.98. The lowest BCUT2D eigenvalue weighted by atomic mass is 10.1. The highest BCUT2D eigenvalue weighted by atomic mass is 16.2. The number of nitrogens with one attached hydrogen (secondary N) is 1. The van der Waals surface area contributed by atoms with Crippen LogP contribution in [0.5, 0.6) is 0 Å². The second kappa shape index (κ2) is 4.72. The summed E-state index contributed by atoms with van der Waals surface area (Å²) in [4.78, 5) is 14.4. The summed E-state index contributed by atoms with van der Waals surface area (Å²) in [5.74, 6) is 0. The highest BCUT2D eigenvalue weighted by Gasteiger charge is 2.37. The van der Waals surface area contributed by atoms with Crippen molar-refractivity contribution in [3.8, 4) is 0 Å². The molecule has 1 saturated heterocycles. The van der Waals surface area contributed by atoms with Crippen LogP contribution in [0.4, 0.5) is 10.5 Å². The average Bonchev–Trinajstić information content (AvgIpc) is 2.64. The third-order valence-electron chi connectivity index (χ3n) is 4.31. The second-order valence-corrected chi connectivity index (χ2v) is 5.60.